The fourth-order valence-corrected chi connectivity index (χ4v) is 3.54. The van der Waals surface area contributed by atoms with Gasteiger partial charge < -0.3 is 10.4 Å². The topological polar surface area (TPSA) is 45.1 Å². The summed E-state index contributed by atoms with van der Waals surface area (Å²) in [7, 11) is 0. The van der Waals surface area contributed by atoms with Crippen molar-refractivity contribution < 1.29 is 5.11 Å². The van der Waals surface area contributed by atoms with Crippen LogP contribution in [0.5, 0.6) is 0 Å². The molecule has 0 saturated heterocycles. The van der Waals surface area contributed by atoms with Crippen molar-refractivity contribution in [2.45, 2.75) is 6.10 Å². The summed E-state index contributed by atoms with van der Waals surface area (Å²) < 4.78 is 1.15. The highest BCUT2D eigenvalue weighted by atomic mass is 32.1. The van der Waals surface area contributed by atoms with E-state index in [2.05, 4.69) is 28.5 Å². The molecule has 4 aromatic rings. The third kappa shape index (κ3) is 2.91. The van der Waals surface area contributed by atoms with E-state index in [4.69, 9.17) is 0 Å². The van der Waals surface area contributed by atoms with Gasteiger partial charge in [-0.1, -0.05) is 59.9 Å². The lowest BCUT2D eigenvalue weighted by Gasteiger charge is -2.12. The molecule has 0 bridgehead atoms. The van der Waals surface area contributed by atoms with Gasteiger partial charge in [-0.3, -0.25) is 0 Å². The Kier molecular flexibility index (Phi) is 3.69. The molecular formula is C19H16N2OS. The van der Waals surface area contributed by atoms with Crippen molar-refractivity contribution >= 4 is 37.5 Å². The molecule has 114 valence electrons. The van der Waals surface area contributed by atoms with E-state index < -0.39 is 6.10 Å². The molecule has 0 aliphatic rings. The highest BCUT2D eigenvalue weighted by Crippen LogP contribution is 2.26. The van der Waals surface area contributed by atoms with E-state index in [1.807, 2.05) is 48.5 Å². The first-order valence-corrected chi connectivity index (χ1v) is 8.37. The van der Waals surface area contributed by atoms with Gasteiger partial charge in [-0.2, -0.15) is 0 Å². The summed E-state index contributed by atoms with van der Waals surface area (Å²) in [4.78, 5) is 4.52. The molecule has 0 radical (unpaired) electrons. The first kappa shape index (κ1) is 14.2. The minimum absolute atomic E-state index is 0.443. The number of aliphatic hydroxyl groups is 1. The predicted molar refractivity (Wildman–Crippen MR) is 97.0 cm³/mol. The Labute approximate surface area is 138 Å². The third-order valence-corrected chi connectivity index (χ3v) is 4.89. The lowest BCUT2D eigenvalue weighted by molar-refractivity contribution is 0.192. The molecule has 4 rings (SSSR count). The van der Waals surface area contributed by atoms with Crippen LogP contribution in [0.1, 0.15) is 11.7 Å². The normalized spacial score (nSPS) is 12.6. The Morgan fingerprint density at radius 2 is 1.74 bits per heavy atom. The van der Waals surface area contributed by atoms with Crippen LogP contribution in [0.25, 0.3) is 21.0 Å². The van der Waals surface area contributed by atoms with Gasteiger partial charge in [-0.15, -0.1) is 0 Å². The van der Waals surface area contributed by atoms with Crippen molar-refractivity contribution in [3.05, 3.63) is 72.3 Å². The van der Waals surface area contributed by atoms with Crippen molar-refractivity contribution in [1.82, 2.24) is 4.98 Å². The molecule has 2 N–H and O–H groups in total. The second-order valence-corrected chi connectivity index (χ2v) is 6.52. The lowest BCUT2D eigenvalue weighted by atomic mass is 10.0. The Morgan fingerprint density at radius 1 is 0.957 bits per heavy atom. The van der Waals surface area contributed by atoms with Crippen LogP contribution in [0.15, 0.2) is 66.7 Å². The van der Waals surface area contributed by atoms with E-state index in [1.165, 1.54) is 5.39 Å². The lowest BCUT2D eigenvalue weighted by Crippen LogP contribution is -2.11. The third-order valence-electron chi connectivity index (χ3n) is 3.90. The van der Waals surface area contributed by atoms with Crippen LogP contribution >= 0.6 is 11.3 Å². The van der Waals surface area contributed by atoms with E-state index in [-0.39, 0.29) is 0 Å². The second-order valence-electron chi connectivity index (χ2n) is 5.49. The Hall–Kier alpha value is -2.43. The molecule has 1 unspecified atom stereocenters. The van der Waals surface area contributed by atoms with Crippen molar-refractivity contribution in [1.29, 1.82) is 0 Å². The highest BCUT2D eigenvalue weighted by Gasteiger charge is 2.10. The molecule has 23 heavy (non-hydrogen) atoms. The Morgan fingerprint density at radius 3 is 2.61 bits per heavy atom. The molecule has 0 amide bonds. The molecule has 4 heteroatoms. The number of benzene rings is 3. The zero-order valence-electron chi connectivity index (χ0n) is 12.4. The summed E-state index contributed by atoms with van der Waals surface area (Å²) >= 11 is 1.60. The quantitative estimate of drug-likeness (QED) is 0.578. The van der Waals surface area contributed by atoms with E-state index in [1.54, 1.807) is 11.3 Å². The highest BCUT2D eigenvalue weighted by molar-refractivity contribution is 7.22. The molecule has 0 aliphatic carbocycles. The number of rotatable bonds is 4. The van der Waals surface area contributed by atoms with Gasteiger partial charge in [0.05, 0.1) is 16.3 Å². The maximum atomic E-state index is 10.4. The van der Waals surface area contributed by atoms with Gasteiger partial charge in [0.25, 0.3) is 0 Å². The monoisotopic (exact) mass is 320 g/mol. The van der Waals surface area contributed by atoms with Crippen molar-refractivity contribution in [2.75, 3.05) is 11.9 Å². The average molecular weight is 320 g/mol. The van der Waals surface area contributed by atoms with Crippen LogP contribution in [-0.4, -0.2) is 16.6 Å². The second kappa shape index (κ2) is 5.99. The summed E-state index contributed by atoms with van der Waals surface area (Å²) in [5, 5.41) is 16.8. The van der Waals surface area contributed by atoms with Gasteiger partial charge in [-0.25, -0.2) is 4.98 Å². The van der Waals surface area contributed by atoms with Gasteiger partial charge in [0, 0.05) is 6.54 Å². The van der Waals surface area contributed by atoms with Crippen LogP contribution in [0.3, 0.4) is 0 Å². The van der Waals surface area contributed by atoms with Crippen LogP contribution < -0.4 is 5.32 Å². The number of thiazole rings is 1. The number of hydrogen-bond donors (Lipinski definition) is 2. The molecule has 0 spiro atoms. The van der Waals surface area contributed by atoms with Crippen LogP contribution in [0.2, 0.25) is 0 Å². The van der Waals surface area contributed by atoms with Crippen molar-refractivity contribution in [2.24, 2.45) is 0 Å². The first-order chi connectivity index (χ1) is 11.3. The molecule has 3 aromatic carbocycles. The molecule has 1 aromatic heterocycles. The number of para-hydroxylation sites is 1. The van der Waals surface area contributed by atoms with E-state index in [0.29, 0.717) is 6.54 Å². The fourth-order valence-electron chi connectivity index (χ4n) is 2.66. The van der Waals surface area contributed by atoms with Gasteiger partial charge >= 0.3 is 0 Å². The standard InChI is InChI=1S/C19H16N2OS/c22-17(15-10-9-13-5-1-2-6-14(13)11-15)12-20-19-21-16-7-3-4-8-18(16)23-19/h1-11,17,22H,12H2,(H,20,21). The molecule has 0 saturated carbocycles. The first-order valence-electron chi connectivity index (χ1n) is 7.56. The number of nitrogens with one attached hydrogen (secondary N) is 1. The van der Waals surface area contributed by atoms with Crippen LogP contribution in [0, 0.1) is 0 Å². The maximum Gasteiger partial charge on any atom is 0.183 e. The van der Waals surface area contributed by atoms with Crippen LogP contribution in [0.4, 0.5) is 5.13 Å². The van der Waals surface area contributed by atoms with Gasteiger partial charge in [0.2, 0.25) is 0 Å². The molecule has 1 atom stereocenters. The summed E-state index contributed by atoms with van der Waals surface area (Å²) in [6.07, 6.45) is -0.563. The average Bonchev–Trinajstić information content (AvgIpc) is 3.02. The predicted octanol–water partition coefficient (Wildman–Crippen LogP) is 4.60. The number of nitrogens with zero attached hydrogens (tertiary/aromatic N) is 1. The fraction of sp³-hybridized carbons (Fsp3) is 0.105. The van der Waals surface area contributed by atoms with E-state index >= 15 is 0 Å². The number of aromatic nitrogens is 1. The Balaban J connectivity index is 1.50. The van der Waals surface area contributed by atoms with Crippen molar-refractivity contribution in [3.63, 3.8) is 0 Å². The molecular weight excluding hydrogens is 304 g/mol. The minimum atomic E-state index is -0.563. The Bertz CT molecular complexity index is 931. The van der Waals surface area contributed by atoms with Gasteiger partial charge in [0.1, 0.15) is 0 Å². The largest absolute Gasteiger partial charge is 0.387 e. The SMILES string of the molecule is OC(CNc1nc2ccccc2s1)c1ccc2ccccc2c1. The van der Waals surface area contributed by atoms with E-state index in [0.717, 1.165) is 26.3 Å². The van der Waals surface area contributed by atoms with Gasteiger partial charge in [0.15, 0.2) is 5.13 Å². The summed E-state index contributed by atoms with van der Waals surface area (Å²) in [6, 6.07) is 22.3. The van der Waals surface area contributed by atoms with Crippen LogP contribution in [-0.2, 0) is 0 Å². The molecule has 0 fully saturated rings. The maximum absolute atomic E-state index is 10.4. The summed E-state index contributed by atoms with van der Waals surface area (Å²) in [5.74, 6) is 0. The number of fused-ring (bicyclic) bond motifs is 2. The smallest absolute Gasteiger partial charge is 0.183 e. The molecule has 0 aliphatic heterocycles. The van der Waals surface area contributed by atoms with E-state index in [9.17, 15) is 5.11 Å². The number of anilines is 1. The zero-order chi connectivity index (χ0) is 15.6. The van der Waals surface area contributed by atoms with Gasteiger partial charge in [-0.05, 0) is 34.5 Å². The zero-order valence-corrected chi connectivity index (χ0v) is 13.3. The molecule has 1 heterocycles. The summed E-state index contributed by atoms with van der Waals surface area (Å²) in [6.45, 7) is 0.443. The minimum Gasteiger partial charge on any atom is -0.387 e. The molecule has 3 nitrogen and oxygen atoms in total. The van der Waals surface area contributed by atoms with Crippen molar-refractivity contribution in [3.8, 4) is 0 Å². The number of hydrogen-bond acceptors (Lipinski definition) is 4. The number of aliphatic hydroxyl groups excluding tert-OH is 1. The summed E-state index contributed by atoms with van der Waals surface area (Å²) in [5.41, 5.74) is 1.90.